The summed E-state index contributed by atoms with van der Waals surface area (Å²) in [6.07, 6.45) is 4.09. The van der Waals surface area contributed by atoms with Crippen LogP contribution in [0.15, 0.2) is 47.5 Å². The Morgan fingerprint density at radius 1 is 1.23 bits per heavy atom. The van der Waals surface area contributed by atoms with Crippen molar-refractivity contribution in [2.75, 3.05) is 18.0 Å². The third kappa shape index (κ3) is 2.88. The maximum atomic E-state index is 13.1. The van der Waals surface area contributed by atoms with Gasteiger partial charge in [0.25, 0.3) is 11.5 Å². The number of rotatable bonds is 3. The van der Waals surface area contributed by atoms with Crippen LogP contribution in [0.1, 0.15) is 27.9 Å². The summed E-state index contributed by atoms with van der Waals surface area (Å²) >= 11 is 0. The number of aromatic amines is 1. The van der Waals surface area contributed by atoms with Gasteiger partial charge in [-0.05, 0) is 61.2 Å². The van der Waals surface area contributed by atoms with E-state index in [2.05, 4.69) is 16.0 Å². The number of carbonyl (C=O) groups is 1. The highest BCUT2D eigenvalue weighted by molar-refractivity contribution is 6.08. The van der Waals surface area contributed by atoms with Gasteiger partial charge < -0.3 is 15.6 Å². The number of amides is 1. The van der Waals surface area contributed by atoms with Gasteiger partial charge in [0.15, 0.2) is 0 Å². The number of carbonyl (C=O) groups excluding carboxylic acids is 1. The van der Waals surface area contributed by atoms with Crippen LogP contribution < -0.4 is 16.2 Å². The van der Waals surface area contributed by atoms with Gasteiger partial charge in [0.1, 0.15) is 0 Å². The van der Waals surface area contributed by atoms with Crippen LogP contribution in [0.3, 0.4) is 0 Å². The molecule has 0 atom stereocenters. The van der Waals surface area contributed by atoms with Crippen LogP contribution in [0.2, 0.25) is 0 Å². The Morgan fingerprint density at radius 2 is 2.12 bits per heavy atom. The molecule has 0 saturated carbocycles. The minimum Gasteiger partial charge on any atom is -0.330 e. The summed E-state index contributed by atoms with van der Waals surface area (Å²) < 4.78 is 0. The second-order valence-corrected chi connectivity index (χ2v) is 6.53. The van der Waals surface area contributed by atoms with Crippen LogP contribution in [0.4, 0.5) is 5.69 Å². The van der Waals surface area contributed by atoms with Crippen molar-refractivity contribution in [3.8, 4) is 0 Å². The standard InChI is InChI=1S/C20H20N4O2/c21-8-7-13-3-6-18-14(10-13)2-1-9-24(18)20(26)15-4-5-16-17(11-15)22-12-23-19(16)25/h3-6,10-12H,1-2,7-9,21H2,(H,22,23,25). The van der Waals surface area contributed by atoms with Crippen molar-refractivity contribution in [2.45, 2.75) is 19.3 Å². The van der Waals surface area contributed by atoms with E-state index in [0.29, 0.717) is 29.6 Å². The second kappa shape index (κ2) is 6.72. The van der Waals surface area contributed by atoms with Gasteiger partial charge >= 0.3 is 0 Å². The minimum absolute atomic E-state index is 0.0680. The first-order valence-electron chi connectivity index (χ1n) is 8.78. The largest absolute Gasteiger partial charge is 0.330 e. The molecule has 1 aliphatic heterocycles. The Morgan fingerprint density at radius 3 is 2.96 bits per heavy atom. The van der Waals surface area contributed by atoms with Crippen molar-refractivity contribution in [2.24, 2.45) is 5.73 Å². The third-order valence-electron chi connectivity index (χ3n) is 4.83. The fourth-order valence-electron chi connectivity index (χ4n) is 3.54. The molecule has 3 N–H and O–H groups in total. The predicted molar refractivity (Wildman–Crippen MR) is 102 cm³/mol. The van der Waals surface area contributed by atoms with Gasteiger partial charge in [0.05, 0.1) is 17.2 Å². The molecule has 0 fully saturated rings. The first kappa shape index (κ1) is 16.5. The SMILES string of the molecule is NCCc1ccc2c(c1)CCCN2C(=O)c1ccc2c(=O)[nH]cnc2c1. The minimum atomic E-state index is -0.204. The maximum Gasteiger partial charge on any atom is 0.258 e. The molecule has 0 saturated heterocycles. The number of nitrogens with one attached hydrogen (secondary N) is 1. The average molecular weight is 348 g/mol. The summed E-state index contributed by atoms with van der Waals surface area (Å²) in [5, 5.41) is 0.481. The van der Waals surface area contributed by atoms with E-state index in [4.69, 9.17) is 5.73 Å². The molecule has 4 rings (SSSR count). The first-order chi connectivity index (χ1) is 12.7. The summed E-state index contributed by atoms with van der Waals surface area (Å²) in [4.78, 5) is 33.4. The van der Waals surface area contributed by atoms with E-state index < -0.39 is 0 Å². The van der Waals surface area contributed by atoms with E-state index in [1.165, 1.54) is 17.5 Å². The molecule has 2 heterocycles. The molecular weight excluding hydrogens is 328 g/mol. The van der Waals surface area contributed by atoms with E-state index in [1.54, 1.807) is 18.2 Å². The number of fused-ring (bicyclic) bond motifs is 2. The fraction of sp³-hybridized carbons (Fsp3) is 0.250. The maximum absolute atomic E-state index is 13.1. The van der Waals surface area contributed by atoms with E-state index >= 15 is 0 Å². The lowest BCUT2D eigenvalue weighted by atomic mass is 9.97. The average Bonchev–Trinajstić information content (AvgIpc) is 2.67. The third-order valence-corrected chi connectivity index (χ3v) is 4.83. The zero-order valence-corrected chi connectivity index (χ0v) is 14.4. The van der Waals surface area contributed by atoms with Crippen molar-refractivity contribution < 1.29 is 4.79 Å². The molecule has 2 aromatic carbocycles. The lowest BCUT2D eigenvalue weighted by Gasteiger charge is -2.30. The predicted octanol–water partition coefficient (Wildman–Crippen LogP) is 2.02. The van der Waals surface area contributed by atoms with Crippen LogP contribution >= 0.6 is 0 Å². The molecule has 0 spiro atoms. The Kier molecular flexibility index (Phi) is 4.26. The van der Waals surface area contributed by atoms with Gasteiger partial charge in [0.2, 0.25) is 0 Å². The molecule has 0 aliphatic carbocycles. The second-order valence-electron chi connectivity index (χ2n) is 6.53. The van der Waals surface area contributed by atoms with E-state index in [-0.39, 0.29) is 11.5 Å². The molecule has 1 aromatic heterocycles. The first-order valence-corrected chi connectivity index (χ1v) is 8.78. The summed E-state index contributed by atoms with van der Waals surface area (Å²) in [6, 6.07) is 11.2. The molecule has 26 heavy (non-hydrogen) atoms. The monoisotopic (exact) mass is 348 g/mol. The number of aromatic nitrogens is 2. The van der Waals surface area contributed by atoms with Gasteiger partial charge in [-0.1, -0.05) is 12.1 Å². The zero-order valence-electron chi connectivity index (χ0n) is 14.4. The highest BCUT2D eigenvalue weighted by atomic mass is 16.2. The molecule has 1 aliphatic rings. The Balaban J connectivity index is 1.70. The van der Waals surface area contributed by atoms with Crippen molar-refractivity contribution in [1.82, 2.24) is 9.97 Å². The van der Waals surface area contributed by atoms with Crippen LogP contribution in [0.5, 0.6) is 0 Å². The molecule has 6 heteroatoms. The summed E-state index contributed by atoms with van der Waals surface area (Å²) in [5.74, 6) is -0.0680. The smallest absolute Gasteiger partial charge is 0.258 e. The number of hydrogen-bond donors (Lipinski definition) is 2. The molecule has 0 radical (unpaired) electrons. The summed E-state index contributed by atoms with van der Waals surface area (Å²) in [7, 11) is 0. The van der Waals surface area contributed by atoms with E-state index in [0.717, 1.165) is 24.9 Å². The molecule has 3 aromatic rings. The number of aryl methyl sites for hydroxylation is 1. The van der Waals surface area contributed by atoms with E-state index in [9.17, 15) is 9.59 Å². The van der Waals surface area contributed by atoms with Crippen molar-refractivity contribution in [1.29, 1.82) is 0 Å². The van der Waals surface area contributed by atoms with Gasteiger partial charge in [-0.3, -0.25) is 9.59 Å². The number of anilines is 1. The number of hydrogen-bond acceptors (Lipinski definition) is 4. The van der Waals surface area contributed by atoms with Crippen molar-refractivity contribution in [3.05, 3.63) is 69.8 Å². The Bertz CT molecular complexity index is 1040. The number of nitrogens with zero attached hydrogens (tertiary/aromatic N) is 2. The van der Waals surface area contributed by atoms with Gasteiger partial charge in [-0.15, -0.1) is 0 Å². The zero-order chi connectivity index (χ0) is 18.1. The lowest BCUT2D eigenvalue weighted by Crippen LogP contribution is -2.35. The molecule has 1 amide bonds. The van der Waals surface area contributed by atoms with Crippen LogP contribution in [0.25, 0.3) is 10.9 Å². The Hall–Kier alpha value is -2.99. The highest BCUT2D eigenvalue weighted by Gasteiger charge is 2.24. The number of nitrogens with two attached hydrogens (primary N) is 1. The number of H-pyrrole nitrogens is 1. The van der Waals surface area contributed by atoms with Gasteiger partial charge in [-0.25, -0.2) is 4.98 Å². The highest BCUT2D eigenvalue weighted by Crippen LogP contribution is 2.29. The van der Waals surface area contributed by atoms with Crippen LogP contribution in [-0.4, -0.2) is 29.0 Å². The van der Waals surface area contributed by atoms with Crippen molar-refractivity contribution >= 4 is 22.5 Å². The molecule has 0 unspecified atom stereocenters. The number of benzene rings is 2. The van der Waals surface area contributed by atoms with Crippen LogP contribution in [-0.2, 0) is 12.8 Å². The quantitative estimate of drug-likeness (QED) is 0.757. The molecule has 0 bridgehead atoms. The lowest BCUT2D eigenvalue weighted by molar-refractivity contribution is 0.0985. The van der Waals surface area contributed by atoms with Crippen molar-refractivity contribution in [3.63, 3.8) is 0 Å². The molecule has 6 nitrogen and oxygen atoms in total. The van der Waals surface area contributed by atoms with Crippen LogP contribution in [0, 0.1) is 0 Å². The van der Waals surface area contributed by atoms with Gasteiger partial charge in [-0.2, -0.15) is 0 Å². The molecular formula is C20H20N4O2. The summed E-state index contributed by atoms with van der Waals surface area (Å²) in [6.45, 7) is 1.30. The topological polar surface area (TPSA) is 92.1 Å². The normalized spacial score (nSPS) is 13.7. The molecule has 132 valence electrons. The fourth-order valence-corrected chi connectivity index (χ4v) is 3.54. The van der Waals surface area contributed by atoms with Gasteiger partial charge in [0, 0.05) is 17.8 Å². The van der Waals surface area contributed by atoms with E-state index in [1.807, 2.05) is 17.0 Å². The summed E-state index contributed by atoms with van der Waals surface area (Å²) in [5.41, 5.74) is 9.85. The Labute approximate surface area is 150 Å².